The van der Waals surface area contributed by atoms with Crippen LogP contribution in [0.25, 0.3) is 0 Å². The molecular weight excluding hydrogens is 303 g/mol. The summed E-state index contributed by atoms with van der Waals surface area (Å²) in [7, 11) is 0. The van der Waals surface area contributed by atoms with Gasteiger partial charge in [-0.1, -0.05) is 30.3 Å². The summed E-state index contributed by atoms with van der Waals surface area (Å²) in [6.45, 7) is 0.394. The summed E-state index contributed by atoms with van der Waals surface area (Å²) in [5.74, 6) is 0. The molecular formula is C9H9Br2FO. The number of rotatable bonds is 4. The third kappa shape index (κ3) is 5.39. The van der Waals surface area contributed by atoms with Crippen LogP contribution >= 0.6 is 31.9 Å². The van der Waals surface area contributed by atoms with E-state index < -0.39 is 3.49 Å². The molecule has 0 aromatic heterocycles. The van der Waals surface area contributed by atoms with Gasteiger partial charge in [0.25, 0.3) is 0 Å². The zero-order valence-electron chi connectivity index (χ0n) is 6.84. The molecule has 0 aliphatic rings. The first-order valence-electron chi connectivity index (χ1n) is 3.76. The molecule has 0 atom stereocenters. The molecule has 0 bridgehead atoms. The summed E-state index contributed by atoms with van der Waals surface area (Å²) in [6.07, 6.45) is 0. The van der Waals surface area contributed by atoms with E-state index in [0.29, 0.717) is 6.61 Å². The molecule has 0 aliphatic carbocycles. The third-order valence-electron chi connectivity index (χ3n) is 1.38. The van der Waals surface area contributed by atoms with Crippen LogP contribution in [0, 0.1) is 0 Å². The molecule has 0 heterocycles. The van der Waals surface area contributed by atoms with E-state index in [1.165, 1.54) is 0 Å². The van der Waals surface area contributed by atoms with Crippen LogP contribution in [0.4, 0.5) is 4.39 Å². The fraction of sp³-hybridized carbons (Fsp3) is 0.333. The molecule has 0 N–H and O–H groups in total. The standard InChI is InChI=1S/C9H9Br2FO/c10-9(11,12)7-13-6-8-4-2-1-3-5-8/h1-5H,6-7H2. The zero-order chi connectivity index (χ0) is 9.73. The maximum absolute atomic E-state index is 12.8. The van der Waals surface area contributed by atoms with Gasteiger partial charge in [0.2, 0.25) is 3.49 Å². The van der Waals surface area contributed by atoms with Crippen molar-refractivity contribution in [2.24, 2.45) is 0 Å². The van der Waals surface area contributed by atoms with Gasteiger partial charge in [0, 0.05) is 0 Å². The highest BCUT2D eigenvalue weighted by Gasteiger charge is 2.20. The Hall–Kier alpha value is 0.0700. The summed E-state index contributed by atoms with van der Waals surface area (Å²) in [5.41, 5.74) is 1.03. The van der Waals surface area contributed by atoms with Gasteiger partial charge in [-0.15, -0.1) is 0 Å². The monoisotopic (exact) mass is 310 g/mol. The van der Waals surface area contributed by atoms with Crippen LogP contribution in [-0.4, -0.2) is 10.1 Å². The Morgan fingerprint density at radius 2 is 1.85 bits per heavy atom. The predicted molar refractivity (Wildman–Crippen MR) is 57.8 cm³/mol. The molecule has 0 fully saturated rings. The Bertz CT molecular complexity index is 246. The first kappa shape index (κ1) is 11.1. The number of ether oxygens (including phenoxy) is 1. The smallest absolute Gasteiger partial charge is 0.241 e. The van der Waals surface area contributed by atoms with Gasteiger partial charge in [0.1, 0.15) is 6.61 Å². The average molecular weight is 312 g/mol. The molecule has 0 unspecified atom stereocenters. The topological polar surface area (TPSA) is 9.23 Å². The van der Waals surface area contributed by atoms with Gasteiger partial charge < -0.3 is 4.74 Å². The van der Waals surface area contributed by atoms with Crippen molar-refractivity contribution < 1.29 is 9.13 Å². The molecule has 1 rings (SSSR count). The minimum absolute atomic E-state index is 0.0259. The van der Waals surface area contributed by atoms with E-state index in [4.69, 9.17) is 4.74 Å². The van der Waals surface area contributed by atoms with Crippen LogP contribution in [0.3, 0.4) is 0 Å². The number of halogens is 3. The van der Waals surface area contributed by atoms with E-state index in [1.807, 2.05) is 30.3 Å². The normalized spacial score (nSPS) is 11.6. The predicted octanol–water partition coefficient (Wildman–Crippen LogP) is 3.62. The van der Waals surface area contributed by atoms with E-state index in [0.717, 1.165) is 5.56 Å². The van der Waals surface area contributed by atoms with E-state index in [1.54, 1.807) is 0 Å². The van der Waals surface area contributed by atoms with Gasteiger partial charge >= 0.3 is 0 Å². The molecule has 1 aromatic carbocycles. The van der Waals surface area contributed by atoms with Crippen molar-refractivity contribution in [2.45, 2.75) is 10.1 Å². The summed E-state index contributed by atoms with van der Waals surface area (Å²) in [4.78, 5) is 0. The Balaban J connectivity index is 2.29. The van der Waals surface area contributed by atoms with Gasteiger partial charge in [0.15, 0.2) is 0 Å². The Kier molecular flexibility index (Phi) is 4.35. The van der Waals surface area contributed by atoms with Crippen molar-refractivity contribution in [2.75, 3.05) is 6.61 Å². The first-order valence-corrected chi connectivity index (χ1v) is 5.35. The van der Waals surface area contributed by atoms with Gasteiger partial charge in [-0.25, -0.2) is 4.39 Å². The second-order valence-electron chi connectivity index (χ2n) is 2.59. The number of hydrogen-bond acceptors (Lipinski definition) is 1. The highest BCUT2D eigenvalue weighted by atomic mass is 79.9. The fourth-order valence-electron chi connectivity index (χ4n) is 0.859. The van der Waals surface area contributed by atoms with Crippen LogP contribution in [0.5, 0.6) is 0 Å². The molecule has 1 aromatic rings. The molecule has 0 saturated carbocycles. The largest absolute Gasteiger partial charge is 0.372 e. The molecule has 0 radical (unpaired) electrons. The van der Waals surface area contributed by atoms with Crippen LogP contribution in [0.15, 0.2) is 30.3 Å². The molecule has 0 aliphatic heterocycles. The number of hydrogen-bond donors (Lipinski definition) is 0. The Labute approximate surface area is 93.5 Å². The Morgan fingerprint density at radius 1 is 1.23 bits per heavy atom. The van der Waals surface area contributed by atoms with Crippen LogP contribution in [0.2, 0.25) is 0 Å². The van der Waals surface area contributed by atoms with Gasteiger partial charge in [-0.05, 0) is 37.4 Å². The molecule has 0 spiro atoms. The quantitative estimate of drug-likeness (QED) is 0.772. The van der Waals surface area contributed by atoms with Gasteiger partial charge in [-0.2, -0.15) is 0 Å². The zero-order valence-corrected chi connectivity index (χ0v) is 10.0. The van der Waals surface area contributed by atoms with Crippen molar-refractivity contribution >= 4 is 31.9 Å². The maximum atomic E-state index is 12.8. The number of benzene rings is 1. The van der Waals surface area contributed by atoms with E-state index in [-0.39, 0.29) is 6.61 Å². The van der Waals surface area contributed by atoms with Crippen LogP contribution < -0.4 is 0 Å². The minimum Gasteiger partial charge on any atom is -0.372 e. The van der Waals surface area contributed by atoms with Gasteiger partial charge in [-0.3, -0.25) is 0 Å². The van der Waals surface area contributed by atoms with Crippen LogP contribution in [0.1, 0.15) is 5.56 Å². The lowest BCUT2D eigenvalue weighted by Crippen LogP contribution is -2.12. The SMILES string of the molecule is FC(Br)(Br)COCc1ccccc1. The Morgan fingerprint density at radius 3 is 2.38 bits per heavy atom. The van der Waals surface area contributed by atoms with Crippen molar-refractivity contribution in [1.29, 1.82) is 0 Å². The van der Waals surface area contributed by atoms with E-state index in [2.05, 4.69) is 31.9 Å². The van der Waals surface area contributed by atoms with Crippen molar-refractivity contribution in [3.63, 3.8) is 0 Å². The number of alkyl halides is 3. The van der Waals surface area contributed by atoms with E-state index >= 15 is 0 Å². The molecule has 13 heavy (non-hydrogen) atoms. The second kappa shape index (κ2) is 5.08. The molecule has 1 nitrogen and oxygen atoms in total. The van der Waals surface area contributed by atoms with E-state index in [9.17, 15) is 4.39 Å². The van der Waals surface area contributed by atoms with Crippen molar-refractivity contribution in [1.82, 2.24) is 0 Å². The fourth-order valence-corrected chi connectivity index (χ4v) is 1.18. The lowest BCUT2D eigenvalue weighted by Gasteiger charge is -2.10. The third-order valence-corrected chi connectivity index (χ3v) is 1.84. The summed E-state index contributed by atoms with van der Waals surface area (Å²) < 4.78 is 16.3. The summed E-state index contributed by atoms with van der Waals surface area (Å²) in [5, 5.41) is 0. The molecule has 72 valence electrons. The lowest BCUT2D eigenvalue weighted by molar-refractivity contribution is 0.0912. The molecule has 4 heteroatoms. The maximum Gasteiger partial charge on any atom is 0.241 e. The average Bonchev–Trinajstić information content (AvgIpc) is 2.04. The van der Waals surface area contributed by atoms with Gasteiger partial charge in [0.05, 0.1) is 6.61 Å². The minimum atomic E-state index is -1.62. The van der Waals surface area contributed by atoms with Crippen molar-refractivity contribution in [3.05, 3.63) is 35.9 Å². The molecule has 0 amide bonds. The summed E-state index contributed by atoms with van der Waals surface area (Å²) >= 11 is 5.55. The molecule has 0 saturated heterocycles. The highest BCUT2D eigenvalue weighted by Crippen LogP contribution is 2.27. The second-order valence-corrected chi connectivity index (χ2v) is 6.17. The van der Waals surface area contributed by atoms with Crippen LogP contribution in [-0.2, 0) is 11.3 Å². The highest BCUT2D eigenvalue weighted by molar-refractivity contribution is 9.25. The first-order chi connectivity index (χ1) is 6.08. The lowest BCUT2D eigenvalue weighted by atomic mass is 10.2. The van der Waals surface area contributed by atoms with Crippen molar-refractivity contribution in [3.8, 4) is 0 Å². The summed E-state index contributed by atoms with van der Waals surface area (Å²) in [6, 6.07) is 9.63.